The molecular weight excluding hydrogens is 513 g/mol. The normalized spacial score (nSPS) is 18.9. The van der Waals surface area contributed by atoms with Crippen molar-refractivity contribution in [3.8, 4) is 17.1 Å². The van der Waals surface area contributed by atoms with Gasteiger partial charge in [-0.15, -0.1) is 0 Å². The molecule has 2 fully saturated rings. The van der Waals surface area contributed by atoms with Crippen LogP contribution in [0.3, 0.4) is 0 Å². The van der Waals surface area contributed by atoms with Crippen LogP contribution in [0.1, 0.15) is 33.1 Å². The number of ether oxygens (including phenoxy) is 1. The Hall–Kier alpha value is -3.00. The van der Waals surface area contributed by atoms with Gasteiger partial charge in [0.2, 0.25) is 0 Å². The third kappa shape index (κ3) is 5.15. The molecule has 8 heteroatoms. The highest BCUT2D eigenvalue weighted by atomic mass is 35.5. The van der Waals surface area contributed by atoms with E-state index in [9.17, 15) is 0 Å². The van der Waals surface area contributed by atoms with E-state index in [4.69, 9.17) is 21.3 Å². The Bertz CT molecular complexity index is 1480. The second kappa shape index (κ2) is 11.2. The van der Waals surface area contributed by atoms with E-state index in [1.54, 1.807) is 0 Å². The molecule has 0 aliphatic carbocycles. The molecule has 2 aliphatic rings. The van der Waals surface area contributed by atoms with Gasteiger partial charge in [-0.1, -0.05) is 67.9 Å². The summed E-state index contributed by atoms with van der Waals surface area (Å²) in [5.41, 5.74) is 1.36. The SMILES string of the molecule is CCN(CC)CCCOc1nc(N2CC3CCC(C2)N3)c2cc(Cl)c(-c3cccc4ccccc34)c(F)c2n1. The van der Waals surface area contributed by atoms with Crippen LogP contribution in [-0.2, 0) is 0 Å². The van der Waals surface area contributed by atoms with Gasteiger partial charge in [-0.25, -0.2) is 4.39 Å². The van der Waals surface area contributed by atoms with Crippen molar-refractivity contribution in [1.29, 1.82) is 0 Å². The fraction of sp³-hybridized carbons (Fsp3) is 0.419. The number of anilines is 1. The van der Waals surface area contributed by atoms with Crippen molar-refractivity contribution in [2.24, 2.45) is 0 Å². The summed E-state index contributed by atoms with van der Waals surface area (Å²) in [7, 11) is 0. The van der Waals surface area contributed by atoms with Crippen molar-refractivity contribution < 1.29 is 9.13 Å². The van der Waals surface area contributed by atoms with Crippen LogP contribution in [0.4, 0.5) is 10.2 Å². The van der Waals surface area contributed by atoms with Crippen molar-refractivity contribution in [1.82, 2.24) is 20.2 Å². The first-order valence-corrected chi connectivity index (χ1v) is 14.5. The number of nitrogens with zero attached hydrogens (tertiary/aromatic N) is 4. The second-order valence-electron chi connectivity index (χ2n) is 10.6. The molecular formula is C31H35ClFN5O. The largest absolute Gasteiger partial charge is 0.463 e. The molecule has 1 aromatic heterocycles. The molecule has 0 spiro atoms. The lowest BCUT2D eigenvalue weighted by molar-refractivity contribution is 0.239. The summed E-state index contributed by atoms with van der Waals surface area (Å²) in [5.74, 6) is 0.256. The van der Waals surface area contributed by atoms with Crippen LogP contribution < -0.4 is 15.0 Å². The van der Waals surface area contributed by atoms with Gasteiger partial charge in [-0.3, -0.25) is 0 Å². The zero-order valence-electron chi connectivity index (χ0n) is 22.6. The molecule has 0 saturated carbocycles. The Morgan fingerprint density at radius 2 is 1.77 bits per heavy atom. The Labute approximate surface area is 234 Å². The molecule has 1 N–H and O–H groups in total. The molecule has 2 unspecified atom stereocenters. The number of benzene rings is 3. The number of fused-ring (bicyclic) bond motifs is 4. The maximum atomic E-state index is 16.6. The van der Waals surface area contributed by atoms with Gasteiger partial charge in [0.25, 0.3) is 0 Å². The number of aromatic nitrogens is 2. The third-order valence-electron chi connectivity index (χ3n) is 8.16. The van der Waals surface area contributed by atoms with Crippen LogP contribution in [0, 0.1) is 5.82 Å². The van der Waals surface area contributed by atoms with Gasteiger partial charge in [0.1, 0.15) is 11.3 Å². The minimum atomic E-state index is -0.441. The summed E-state index contributed by atoms with van der Waals surface area (Å²) in [6.45, 7) is 9.35. The monoisotopic (exact) mass is 547 g/mol. The molecule has 0 amide bonds. The van der Waals surface area contributed by atoms with Crippen LogP contribution in [0.2, 0.25) is 5.02 Å². The number of piperazine rings is 1. The van der Waals surface area contributed by atoms with Crippen LogP contribution in [-0.4, -0.2) is 66.3 Å². The Kier molecular flexibility index (Phi) is 7.56. The second-order valence-corrected chi connectivity index (χ2v) is 11.0. The first-order chi connectivity index (χ1) is 19.1. The fourth-order valence-electron chi connectivity index (χ4n) is 6.12. The number of hydrogen-bond donors (Lipinski definition) is 1. The van der Waals surface area contributed by atoms with Gasteiger partial charge in [-0.2, -0.15) is 9.97 Å². The van der Waals surface area contributed by atoms with E-state index in [0.717, 1.165) is 68.3 Å². The predicted molar refractivity (Wildman–Crippen MR) is 158 cm³/mol. The number of rotatable bonds is 9. The van der Waals surface area contributed by atoms with Crippen molar-refractivity contribution >= 4 is 39.1 Å². The van der Waals surface area contributed by atoms with E-state index >= 15 is 4.39 Å². The van der Waals surface area contributed by atoms with E-state index in [-0.39, 0.29) is 11.5 Å². The standard InChI is InChI=1S/C31H35ClFN5O/c1-3-37(4-2)15-8-16-39-31-35-29-25(30(36-31)38-18-21-13-14-22(19-38)34-21)17-26(32)27(28(29)33)24-12-7-10-20-9-5-6-11-23(20)24/h5-7,9-12,17,21-22,34H,3-4,8,13-16,18-19H2,1-2H3. The molecule has 0 radical (unpaired) electrons. The van der Waals surface area contributed by atoms with E-state index in [2.05, 4.69) is 33.9 Å². The lowest BCUT2D eigenvalue weighted by Gasteiger charge is -2.34. The minimum Gasteiger partial charge on any atom is -0.463 e. The van der Waals surface area contributed by atoms with Crippen LogP contribution in [0.15, 0.2) is 48.5 Å². The molecule has 39 heavy (non-hydrogen) atoms. The van der Waals surface area contributed by atoms with Gasteiger partial charge in [0, 0.05) is 42.7 Å². The summed E-state index contributed by atoms with van der Waals surface area (Å²) in [4.78, 5) is 14.1. The molecule has 6 nitrogen and oxygen atoms in total. The van der Waals surface area contributed by atoms with E-state index in [1.807, 2.05) is 48.5 Å². The molecule has 2 atom stereocenters. The first kappa shape index (κ1) is 26.2. The summed E-state index contributed by atoms with van der Waals surface area (Å²) >= 11 is 6.86. The van der Waals surface area contributed by atoms with Gasteiger partial charge in [0.05, 0.1) is 11.6 Å². The number of hydrogen-bond acceptors (Lipinski definition) is 6. The maximum absolute atomic E-state index is 16.6. The molecule has 6 rings (SSSR count). The molecule has 4 aromatic rings. The summed E-state index contributed by atoms with van der Waals surface area (Å²) in [6.07, 6.45) is 3.12. The highest BCUT2D eigenvalue weighted by Crippen LogP contribution is 2.41. The van der Waals surface area contributed by atoms with E-state index < -0.39 is 5.82 Å². The first-order valence-electron chi connectivity index (χ1n) is 14.1. The zero-order valence-corrected chi connectivity index (χ0v) is 23.3. The third-order valence-corrected chi connectivity index (χ3v) is 8.46. The average Bonchev–Trinajstić information content (AvgIpc) is 3.30. The maximum Gasteiger partial charge on any atom is 0.319 e. The Morgan fingerprint density at radius 3 is 2.54 bits per heavy atom. The fourth-order valence-corrected chi connectivity index (χ4v) is 6.41. The predicted octanol–water partition coefficient (Wildman–Crippen LogP) is 6.29. The van der Waals surface area contributed by atoms with E-state index in [0.29, 0.717) is 40.5 Å². The summed E-state index contributed by atoms with van der Waals surface area (Å²) in [6, 6.07) is 16.7. The quantitative estimate of drug-likeness (QED) is 0.248. The minimum absolute atomic E-state index is 0.216. The molecule has 2 aliphatic heterocycles. The zero-order chi connectivity index (χ0) is 26.9. The summed E-state index contributed by atoms with van der Waals surface area (Å²) < 4.78 is 22.6. The molecule has 2 saturated heterocycles. The Balaban J connectivity index is 1.44. The van der Waals surface area contributed by atoms with E-state index in [1.165, 1.54) is 0 Å². The van der Waals surface area contributed by atoms with Crippen molar-refractivity contribution in [2.45, 2.75) is 45.2 Å². The van der Waals surface area contributed by atoms with Gasteiger partial charge < -0.3 is 19.9 Å². The lowest BCUT2D eigenvalue weighted by atomic mass is 9.96. The number of nitrogens with one attached hydrogen (secondary N) is 1. The topological polar surface area (TPSA) is 53.5 Å². The molecule has 2 bridgehead atoms. The van der Waals surface area contributed by atoms with Gasteiger partial charge in [-0.05, 0) is 54.8 Å². The smallest absolute Gasteiger partial charge is 0.319 e. The average molecular weight is 548 g/mol. The highest BCUT2D eigenvalue weighted by molar-refractivity contribution is 6.35. The van der Waals surface area contributed by atoms with Crippen LogP contribution >= 0.6 is 11.6 Å². The Morgan fingerprint density at radius 1 is 1.03 bits per heavy atom. The lowest BCUT2D eigenvalue weighted by Crippen LogP contribution is -2.51. The van der Waals surface area contributed by atoms with Gasteiger partial charge >= 0.3 is 6.01 Å². The van der Waals surface area contributed by atoms with Gasteiger partial charge in [0.15, 0.2) is 5.82 Å². The van der Waals surface area contributed by atoms with Crippen molar-refractivity contribution in [2.75, 3.05) is 44.2 Å². The van der Waals surface area contributed by atoms with Crippen molar-refractivity contribution in [3.63, 3.8) is 0 Å². The van der Waals surface area contributed by atoms with Crippen molar-refractivity contribution in [3.05, 3.63) is 59.4 Å². The number of halogens is 2. The highest BCUT2D eigenvalue weighted by Gasteiger charge is 2.34. The molecule has 3 aromatic carbocycles. The molecule has 3 heterocycles. The summed E-state index contributed by atoms with van der Waals surface area (Å²) in [5, 5.41) is 6.62. The molecule has 204 valence electrons. The van der Waals surface area contributed by atoms with Crippen LogP contribution in [0.5, 0.6) is 6.01 Å². The van der Waals surface area contributed by atoms with Crippen LogP contribution in [0.25, 0.3) is 32.8 Å².